The number of methoxy groups -OCH3 is 1. The van der Waals surface area contributed by atoms with E-state index in [2.05, 4.69) is 16.0 Å². The molecule has 11 heteroatoms. The third-order valence-corrected chi connectivity index (χ3v) is 3.99. The summed E-state index contributed by atoms with van der Waals surface area (Å²) in [6.07, 6.45) is -0.322. The number of aliphatic carboxylic acids is 1. The van der Waals surface area contributed by atoms with Gasteiger partial charge in [-0.15, -0.1) is 0 Å². The average molecular weight is 431 g/mol. The number of carboxylic acids is 1. The van der Waals surface area contributed by atoms with Crippen molar-refractivity contribution in [3.63, 3.8) is 0 Å². The van der Waals surface area contributed by atoms with E-state index in [0.29, 0.717) is 5.69 Å². The number of carboxylic acid groups (broad SMARTS) is 1. The Morgan fingerprint density at radius 1 is 1.30 bits per heavy atom. The number of ether oxygens (including phenoxy) is 1. The first kappa shape index (κ1) is 25.0. The van der Waals surface area contributed by atoms with E-state index >= 15 is 0 Å². The lowest BCUT2D eigenvalue weighted by Crippen LogP contribution is -2.54. The number of hydrogen-bond acceptors (Lipinski definition) is 5. The predicted octanol–water partition coefficient (Wildman–Crippen LogP) is 2.08. The van der Waals surface area contributed by atoms with Gasteiger partial charge in [0.25, 0.3) is 0 Å². The fourth-order valence-corrected chi connectivity index (χ4v) is 2.14. The maximum atomic E-state index is 11.9. The van der Waals surface area contributed by atoms with Crippen molar-refractivity contribution in [2.45, 2.75) is 38.0 Å². The van der Waals surface area contributed by atoms with E-state index in [-0.39, 0.29) is 23.9 Å². The number of nitrogens with one attached hydrogen (secondary N) is 3. The Kier molecular flexibility index (Phi) is 9.82. The second-order valence-corrected chi connectivity index (χ2v) is 6.20. The molecule has 0 radical (unpaired) electrons. The highest BCUT2D eigenvalue weighted by atomic mass is 19.4. The van der Waals surface area contributed by atoms with Gasteiger partial charge in [0.1, 0.15) is 5.75 Å². The molecule has 0 unspecified atom stereocenters. The van der Waals surface area contributed by atoms with E-state index in [1.165, 1.54) is 6.08 Å². The van der Waals surface area contributed by atoms with Crippen molar-refractivity contribution in [3.05, 3.63) is 36.4 Å². The number of anilines is 1. The minimum absolute atomic E-state index is 0.0108. The van der Waals surface area contributed by atoms with Crippen molar-refractivity contribution in [2.24, 2.45) is 0 Å². The number of amides is 2. The van der Waals surface area contributed by atoms with Crippen molar-refractivity contribution in [1.82, 2.24) is 10.6 Å². The molecule has 0 spiro atoms. The standard InChI is InChI=1S/C17H23N3O3.C2HF3O2/c1-3-12(20-17(22)15-10-11-18-15)6-9-16(21)19-13-4-7-14(23-2)8-5-13;3-2(4,5)1(6)7/h4-9,12,15,18H,3,10-11H2,1-2H3,(H,19,21)(H,20,22);(H,6,7)/t12-,15-;/m0./s1. The van der Waals surface area contributed by atoms with Crippen LogP contribution in [-0.4, -0.2) is 54.8 Å². The second-order valence-electron chi connectivity index (χ2n) is 6.20. The molecule has 1 fully saturated rings. The molecule has 0 aliphatic carbocycles. The van der Waals surface area contributed by atoms with Crippen molar-refractivity contribution in [3.8, 4) is 5.75 Å². The van der Waals surface area contributed by atoms with Crippen LogP contribution in [0.1, 0.15) is 19.8 Å². The van der Waals surface area contributed by atoms with Gasteiger partial charge in [0.15, 0.2) is 0 Å². The highest BCUT2D eigenvalue weighted by Crippen LogP contribution is 2.15. The zero-order chi connectivity index (χ0) is 22.7. The minimum Gasteiger partial charge on any atom is -0.497 e. The first-order valence-corrected chi connectivity index (χ1v) is 9.04. The highest BCUT2D eigenvalue weighted by Gasteiger charge is 2.38. The van der Waals surface area contributed by atoms with Crippen LogP contribution in [-0.2, 0) is 14.4 Å². The lowest BCUT2D eigenvalue weighted by molar-refractivity contribution is -0.192. The molecule has 1 heterocycles. The number of carbonyl (C=O) groups excluding carboxylic acids is 2. The zero-order valence-corrected chi connectivity index (χ0v) is 16.5. The number of hydrogen-bond donors (Lipinski definition) is 4. The molecule has 0 bridgehead atoms. The first-order valence-electron chi connectivity index (χ1n) is 9.04. The van der Waals surface area contributed by atoms with E-state index in [9.17, 15) is 22.8 Å². The summed E-state index contributed by atoms with van der Waals surface area (Å²) in [5.74, 6) is -2.27. The molecule has 2 amide bonds. The van der Waals surface area contributed by atoms with Crippen molar-refractivity contribution < 1.29 is 37.4 Å². The third kappa shape index (κ3) is 8.95. The van der Waals surface area contributed by atoms with Gasteiger partial charge in [-0.1, -0.05) is 13.0 Å². The van der Waals surface area contributed by atoms with Crippen LogP contribution in [0.3, 0.4) is 0 Å². The SMILES string of the molecule is CC[C@@H](C=CC(=O)Nc1ccc(OC)cc1)NC(=O)[C@@H]1CCN1.O=C(O)C(F)(F)F. The van der Waals surface area contributed by atoms with Gasteiger partial charge in [-0.3, -0.25) is 9.59 Å². The molecule has 166 valence electrons. The zero-order valence-electron chi connectivity index (χ0n) is 16.5. The van der Waals surface area contributed by atoms with E-state index < -0.39 is 12.1 Å². The van der Waals surface area contributed by atoms with Crippen LogP contribution >= 0.6 is 0 Å². The van der Waals surface area contributed by atoms with Crippen LogP contribution in [0.15, 0.2) is 36.4 Å². The summed E-state index contributed by atoms with van der Waals surface area (Å²) < 4.78 is 36.8. The van der Waals surface area contributed by atoms with Gasteiger partial charge in [0, 0.05) is 17.8 Å². The van der Waals surface area contributed by atoms with Crippen LogP contribution in [0.25, 0.3) is 0 Å². The summed E-state index contributed by atoms with van der Waals surface area (Å²) >= 11 is 0. The molecule has 30 heavy (non-hydrogen) atoms. The van der Waals surface area contributed by atoms with Gasteiger partial charge in [-0.05, 0) is 43.7 Å². The van der Waals surface area contributed by atoms with Crippen LogP contribution in [0, 0.1) is 0 Å². The first-order chi connectivity index (χ1) is 14.1. The Morgan fingerprint density at radius 2 is 1.87 bits per heavy atom. The average Bonchev–Trinajstić information content (AvgIpc) is 2.64. The minimum atomic E-state index is -5.08. The molecular formula is C19H24F3N3O5. The second kappa shape index (κ2) is 11.8. The van der Waals surface area contributed by atoms with E-state index in [1.54, 1.807) is 37.5 Å². The molecule has 1 aromatic rings. The summed E-state index contributed by atoms with van der Waals surface area (Å²) in [5.41, 5.74) is 0.691. The van der Waals surface area contributed by atoms with Crippen LogP contribution in [0.4, 0.5) is 18.9 Å². The molecule has 4 N–H and O–H groups in total. The van der Waals surface area contributed by atoms with Crippen molar-refractivity contribution in [2.75, 3.05) is 19.0 Å². The van der Waals surface area contributed by atoms with E-state index in [0.717, 1.165) is 25.1 Å². The summed E-state index contributed by atoms with van der Waals surface area (Å²) in [5, 5.41) is 15.9. The topological polar surface area (TPSA) is 117 Å². The number of benzene rings is 1. The van der Waals surface area contributed by atoms with E-state index in [1.807, 2.05) is 6.92 Å². The van der Waals surface area contributed by atoms with Crippen LogP contribution in [0.2, 0.25) is 0 Å². The number of rotatable bonds is 7. The van der Waals surface area contributed by atoms with Crippen LogP contribution in [0.5, 0.6) is 5.75 Å². The van der Waals surface area contributed by atoms with Gasteiger partial charge in [-0.2, -0.15) is 13.2 Å². The van der Waals surface area contributed by atoms with Gasteiger partial charge < -0.3 is 25.8 Å². The Hall–Kier alpha value is -3.08. The smallest absolute Gasteiger partial charge is 0.490 e. The van der Waals surface area contributed by atoms with Gasteiger partial charge in [0.2, 0.25) is 11.8 Å². The highest BCUT2D eigenvalue weighted by molar-refractivity contribution is 5.99. The fraction of sp³-hybridized carbons (Fsp3) is 0.421. The Balaban J connectivity index is 0.000000553. The van der Waals surface area contributed by atoms with Gasteiger partial charge >= 0.3 is 12.1 Å². The molecule has 2 atom stereocenters. The Morgan fingerprint density at radius 3 is 2.27 bits per heavy atom. The molecule has 1 aliphatic rings. The van der Waals surface area contributed by atoms with Gasteiger partial charge in [0.05, 0.1) is 13.2 Å². The monoisotopic (exact) mass is 431 g/mol. The number of carbonyl (C=O) groups is 3. The Labute approximate surface area is 171 Å². The van der Waals surface area contributed by atoms with Gasteiger partial charge in [-0.25, -0.2) is 4.79 Å². The summed E-state index contributed by atoms with van der Waals surface area (Å²) in [6, 6.07) is 6.86. The molecule has 0 saturated carbocycles. The van der Waals surface area contributed by atoms with Crippen LogP contribution < -0.4 is 20.7 Å². The lowest BCUT2D eigenvalue weighted by atomic mass is 10.1. The van der Waals surface area contributed by atoms with E-state index in [4.69, 9.17) is 14.6 Å². The lowest BCUT2D eigenvalue weighted by Gasteiger charge is -2.27. The molecule has 8 nitrogen and oxygen atoms in total. The molecule has 1 aliphatic heterocycles. The fourth-order valence-electron chi connectivity index (χ4n) is 2.14. The van der Waals surface area contributed by atoms with Crippen molar-refractivity contribution >= 4 is 23.5 Å². The Bertz CT molecular complexity index is 747. The summed E-state index contributed by atoms with van der Waals surface area (Å²) in [6.45, 7) is 2.85. The molecule has 1 saturated heterocycles. The normalized spacial score (nSPS) is 16.5. The molecule has 2 rings (SSSR count). The predicted molar refractivity (Wildman–Crippen MR) is 103 cm³/mol. The maximum absolute atomic E-state index is 11.9. The maximum Gasteiger partial charge on any atom is 0.490 e. The number of alkyl halides is 3. The quantitative estimate of drug-likeness (QED) is 0.491. The molecule has 0 aromatic heterocycles. The number of halogens is 3. The molecular weight excluding hydrogens is 407 g/mol. The van der Waals surface area contributed by atoms with Crippen molar-refractivity contribution in [1.29, 1.82) is 0 Å². The third-order valence-electron chi connectivity index (χ3n) is 3.99. The summed E-state index contributed by atoms with van der Waals surface area (Å²) in [7, 11) is 1.59. The molecule has 1 aromatic carbocycles. The summed E-state index contributed by atoms with van der Waals surface area (Å²) in [4.78, 5) is 32.7. The largest absolute Gasteiger partial charge is 0.497 e.